The zero-order valence-electron chi connectivity index (χ0n) is 23.2. The number of ether oxygens (including phenoxy) is 1. The molecule has 1 saturated heterocycles. The molecule has 42 heavy (non-hydrogen) atoms. The molecule has 0 unspecified atom stereocenters. The Labute approximate surface area is 241 Å². The van der Waals surface area contributed by atoms with Gasteiger partial charge < -0.3 is 15.0 Å². The van der Waals surface area contributed by atoms with Gasteiger partial charge >= 0.3 is 5.97 Å². The summed E-state index contributed by atoms with van der Waals surface area (Å²) in [7, 11) is -3.93. The maximum atomic E-state index is 15.0. The van der Waals surface area contributed by atoms with Gasteiger partial charge in [0.1, 0.15) is 23.8 Å². The lowest BCUT2D eigenvalue weighted by Crippen LogP contribution is -2.50. The Morgan fingerprint density at radius 2 is 1.90 bits per heavy atom. The molecule has 1 spiro atoms. The Balaban J connectivity index is 1.46. The lowest BCUT2D eigenvalue weighted by molar-refractivity contribution is -0.141. The van der Waals surface area contributed by atoms with E-state index in [1.807, 2.05) is 0 Å². The number of nitrogens with one attached hydrogen (secondary N) is 1. The van der Waals surface area contributed by atoms with E-state index in [9.17, 15) is 27.3 Å². The Hall–Kier alpha value is -4.17. The second-order valence-corrected chi connectivity index (χ2v) is 11.8. The van der Waals surface area contributed by atoms with Gasteiger partial charge in [0, 0.05) is 42.4 Å². The van der Waals surface area contributed by atoms with Crippen LogP contribution in [0.5, 0.6) is 5.75 Å². The van der Waals surface area contributed by atoms with Crippen molar-refractivity contribution in [1.29, 1.82) is 0 Å². The predicted molar refractivity (Wildman–Crippen MR) is 150 cm³/mol. The van der Waals surface area contributed by atoms with Crippen molar-refractivity contribution < 1.29 is 41.4 Å². The average molecular weight is 605 g/mol. The zero-order chi connectivity index (χ0) is 30.7. The van der Waals surface area contributed by atoms with Crippen molar-refractivity contribution in [1.82, 2.24) is 9.62 Å². The molecule has 14 heteroatoms. The third kappa shape index (κ3) is 6.65. The number of carbonyl (C=O) groups is 3. The summed E-state index contributed by atoms with van der Waals surface area (Å²) in [4.78, 5) is 45.4. The minimum Gasteiger partial charge on any atom is -0.464 e. The SMILES string of the molecule is CC(=O)OCCN(C(C)=O)c1cc(C)c(/C=C/S(=O)(=O)N2CCC3(CC2)N=C(c2cccc(OF)c2)NC3=O)cc1F. The number of amides is 2. The number of aryl methyl sites for hydroxylation is 1. The summed E-state index contributed by atoms with van der Waals surface area (Å²) in [6, 6.07) is 8.55. The normalized spacial score (nSPS) is 16.8. The first-order chi connectivity index (χ1) is 19.8. The minimum atomic E-state index is -3.93. The molecule has 2 aliphatic heterocycles. The number of sulfonamides is 1. The molecule has 0 aromatic heterocycles. The first-order valence-corrected chi connectivity index (χ1v) is 14.6. The van der Waals surface area contributed by atoms with Crippen LogP contribution in [0.3, 0.4) is 0 Å². The fourth-order valence-electron chi connectivity index (χ4n) is 4.84. The summed E-state index contributed by atoms with van der Waals surface area (Å²) in [5.41, 5.74) is 0.0946. The maximum Gasteiger partial charge on any atom is 0.302 e. The minimum absolute atomic E-state index is 0.0205. The van der Waals surface area contributed by atoms with E-state index in [4.69, 9.17) is 4.74 Å². The molecule has 1 fully saturated rings. The first-order valence-electron chi connectivity index (χ1n) is 13.1. The molecular formula is C28H30F2N4O7S. The van der Waals surface area contributed by atoms with Crippen LogP contribution in [0, 0.1) is 12.7 Å². The number of piperidine rings is 1. The van der Waals surface area contributed by atoms with Crippen LogP contribution in [-0.2, 0) is 29.1 Å². The number of benzene rings is 2. The van der Waals surface area contributed by atoms with Crippen molar-refractivity contribution in [2.24, 2.45) is 4.99 Å². The number of hydrogen-bond acceptors (Lipinski definition) is 8. The second kappa shape index (κ2) is 12.4. The quantitative estimate of drug-likeness (QED) is 0.435. The summed E-state index contributed by atoms with van der Waals surface area (Å²) < 4.78 is 59.9. The molecule has 0 atom stereocenters. The Bertz CT molecular complexity index is 1570. The van der Waals surface area contributed by atoms with Crippen LogP contribution in [0.2, 0.25) is 0 Å². The van der Waals surface area contributed by atoms with Gasteiger partial charge in [0.2, 0.25) is 15.9 Å². The van der Waals surface area contributed by atoms with Gasteiger partial charge in [0.15, 0.2) is 5.75 Å². The second-order valence-electron chi connectivity index (χ2n) is 9.97. The fourth-order valence-corrected chi connectivity index (χ4v) is 6.02. The zero-order valence-corrected chi connectivity index (χ0v) is 24.0. The molecule has 2 aromatic carbocycles. The van der Waals surface area contributed by atoms with E-state index in [2.05, 4.69) is 15.3 Å². The van der Waals surface area contributed by atoms with Gasteiger partial charge in [0.25, 0.3) is 5.91 Å². The lowest BCUT2D eigenvalue weighted by atomic mass is 9.89. The highest BCUT2D eigenvalue weighted by atomic mass is 32.2. The smallest absolute Gasteiger partial charge is 0.302 e. The molecule has 0 saturated carbocycles. The molecule has 4 rings (SSSR count). The van der Waals surface area contributed by atoms with Crippen molar-refractivity contribution in [3.8, 4) is 5.75 Å². The van der Waals surface area contributed by atoms with E-state index < -0.39 is 33.3 Å². The molecule has 2 aromatic rings. The molecule has 0 aliphatic carbocycles. The summed E-state index contributed by atoms with van der Waals surface area (Å²) in [5, 5.41) is 3.67. The Morgan fingerprint density at radius 1 is 1.19 bits per heavy atom. The molecule has 224 valence electrons. The standard InChI is InChI=1S/C28H30F2N4O7S/c1-18-15-25(34(19(2)35)12-13-40-20(3)36)24(29)17-21(18)7-14-42(38,39)33-10-8-28(9-11-33)27(37)31-26(32-28)22-5-4-6-23(16-22)41-30/h4-7,14-17H,8-13H2,1-3H3,(H,31,32,37)/b14-7+. The van der Waals surface area contributed by atoms with Crippen LogP contribution < -0.4 is 15.2 Å². The largest absolute Gasteiger partial charge is 0.464 e. The van der Waals surface area contributed by atoms with E-state index in [-0.39, 0.29) is 62.3 Å². The number of rotatable bonds is 9. The number of carbonyl (C=O) groups excluding carboxylic acids is 3. The first kappa shape index (κ1) is 30.8. The van der Waals surface area contributed by atoms with Crippen LogP contribution in [0.15, 0.2) is 46.8 Å². The van der Waals surface area contributed by atoms with Crippen molar-refractivity contribution in [3.05, 3.63) is 64.3 Å². The fraction of sp³-hybridized carbons (Fsp3) is 0.357. The number of aliphatic imine (C=N–C) groups is 1. The molecule has 11 nitrogen and oxygen atoms in total. The Kier molecular flexibility index (Phi) is 9.06. The van der Waals surface area contributed by atoms with Crippen molar-refractivity contribution in [3.63, 3.8) is 0 Å². The number of hydrogen-bond donors (Lipinski definition) is 1. The molecule has 0 bridgehead atoms. The van der Waals surface area contributed by atoms with Gasteiger partial charge in [-0.1, -0.05) is 12.1 Å². The summed E-state index contributed by atoms with van der Waals surface area (Å²) in [5.74, 6) is -1.89. The van der Waals surface area contributed by atoms with Crippen molar-refractivity contribution in [2.75, 3.05) is 31.1 Å². The molecule has 0 radical (unpaired) electrons. The lowest BCUT2D eigenvalue weighted by Gasteiger charge is -2.34. The molecular weight excluding hydrogens is 574 g/mol. The van der Waals surface area contributed by atoms with Gasteiger partial charge in [-0.25, -0.2) is 12.8 Å². The third-order valence-corrected chi connectivity index (χ3v) is 8.70. The van der Waals surface area contributed by atoms with E-state index in [0.717, 1.165) is 16.4 Å². The summed E-state index contributed by atoms with van der Waals surface area (Å²) in [6.45, 7) is 4.01. The van der Waals surface area contributed by atoms with E-state index in [1.165, 1.54) is 42.4 Å². The Morgan fingerprint density at radius 3 is 2.55 bits per heavy atom. The number of esters is 1. The number of anilines is 1. The molecule has 2 heterocycles. The van der Waals surface area contributed by atoms with E-state index >= 15 is 4.39 Å². The van der Waals surface area contributed by atoms with Gasteiger partial charge in [0.05, 0.1) is 12.2 Å². The van der Waals surface area contributed by atoms with Gasteiger partial charge in [-0.2, -0.15) is 4.31 Å². The van der Waals surface area contributed by atoms with Gasteiger partial charge in [-0.15, -0.1) is 0 Å². The number of nitrogens with zero attached hydrogens (tertiary/aromatic N) is 3. The number of amidine groups is 1. The molecule has 2 amide bonds. The van der Waals surface area contributed by atoms with Gasteiger partial charge in [-0.3, -0.25) is 24.3 Å². The predicted octanol–water partition coefficient (Wildman–Crippen LogP) is 3.03. The maximum absolute atomic E-state index is 15.0. The highest BCUT2D eigenvalue weighted by molar-refractivity contribution is 7.92. The molecule has 1 N–H and O–H groups in total. The summed E-state index contributed by atoms with van der Waals surface area (Å²) >= 11 is 0. The highest BCUT2D eigenvalue weighted by Gasteiger charge is 2.47. The van der Waals surface area contributed by atoms with Crippen molar-refractivity contribution in [2.45, 2.75) is 39.2 Å². The van der Waals surface area contributed by atoms with Crippen LogP contribution in [0.4, 0.5) is 14.6 Å². The monoisotopic (exact) mass is 604 g/mol. The topological polar surface area (TPSA) is 135 Å². The van der Waals surface area contributed by atoms with Crippen LogP contribution in [0.25, 0.3) is 6.08 Å². The highest BCUT2D eigenvalue weighted by Crippen LogP contribution is 2.33. The van der Waals surface area contributed by atoms with E-state index in [1.54, 1.807) is 19.1 Å². The van der Waals surface area contributed by atoms with Gasteiger partial charge in [-0.05, 0) is 61.2 Å². The van der Waals surface area contributed by atoms with Crippen molar-refractivity contribution >= 4 is 45.4 Å². The average Bonchev–Trinajstić information content (AvgIpc) is 3.26. The summed E-state index contributed by atoms with van der Waals surface area (Å²) in [6.07, 6.45) is 1.54. The van der Waals surface area contributed by atoms with Crippen LogP contribution >= 0.6 is 0 Å². The third-order valence-electron chi connectivity index (χ3n) is 7.13. The van der Waals surface area contributed by atoms with Crippen LogP contribution in [0.1, 0.15) is 43.4 Å². The van der Waals surface area contributed by atoms with E-state index in [0.29, 0.717) is 16.7 Å². The van der Waals surface area contributed by atoms with Crippen LogP contribution in [-0.4, -0.2) is 68.1 Å². The number of halogens is 2. The molecule has 2 aliphatic rings.